The maximum Gasteiger partial charge on any atom is 0.0481 e. The minimum Gasteiger partial charge on any atom is -0.261 e. The maximum absolute atomic E-state index is 4.59. The molecule has 0 unspecified atom stereocenters. The van der Waals surface area contributed by atoms with E-state index in [4.69, 9.17) is 0 Å². The van der Waals surface area contributed by atoms with Crippen molar-refractivity contribution in [1.82, 2.24) is 9.97 Å². The molecule has 2 nitrogen and oxygen atoms in total. The van der Waals surface area contributed by atoms with Gasteiger partial charge in [0.05, 0.1) is 0 Å². The van der Waals surface area contributed by atoms with Crippen LogP contribution >= 0.6 is 12.4 Å². The van der Waals surface area contributed by atoms with E-state index in [1.807, 2.05) is 12.4 Å². The summed E-state index contributed by atoms with van der Waals surface area (Å²) in [6, 6.07) is 21.2. The first-order valence-electron chi connectivity index (χ1n) is 9.07. The molecule has 0 radical (unpaired) electrons. The highest BCUT2D eigenvalue weighted by atomic mass is 35.5. The number of unbranched alkanes of at least 4 members (excludes halogenated alkanes) is 2. The molecule has 4 aromatic rings. The van der Waals surface area contributed by atoms with Crippen LogP contribution in [0.1, 0.15) is 30.7 Å². The maximum atomic E-state index is 4.59. The molecule has 0 fully saturated rings. The lowest BCUT2D eigenvalue weighted by molar-refractivity contribution is 0.669. The standard InChI is InChI=1S/C23H22N2.ClH/c1(2-12-22-20-10-6-4-8-18(20)14-16-24-22)3-13-23-21-11-7-5-9-19(21)15-17-25-23;/h4-11,14-17H,1-3,12-13H2;1H. The minimum absolute atomic E-state index is 0. The summed E-state index contributed by atoms with van der Waals surface area (Å²) in [6.45, 7) is 0. The van der Waals surface area contributed by atoms with Crippen LogP contribution in [0.2, 0.25) is 0 Å². The van der Waals surface area contributed by atoms with E-state index in [2.05, 4.69) is 70.6 Å². The van der Waals surface area contributed by atoms with Crippen LogP contribution in [0.25, 0.3) is 21.5 Å². The van der Waals surface area contributed by atoms with Gasteiger partial charge in [-0.15, -0.1) is 12.4 Å². The third-order valence-corrected chi connectivity index (χ3v) is 4.84. The Hall–Kier alpha value is -2.45. The Morgan fingerprint density at radius 2 is 1.00 bits per heavy atom. The van der Waals surface area contributed by atoms with Gasteiger partial charge in [-0.25, -0.2) is 0 Å². The zero-order chi connectivity index (χ0) is 16.9. The van der Waals surface area contributed by atoms with Gasteiger partial charge < -0.3 is 0 Å². The minimum atomic E-state index is 0. The second-order valence-corrected chi connectivity index (χ2v) is 6.52. The molecule has 0 atom stereocenters. The van der Waals surface area contributed by atoms with Crippen molar-refractivity contribution in [3.63, 3.8) is 0 Å². The first-order chi connectivity index (χ1) is 12.4. The average molecular weight is 363 g/mol. The molecule has 4 rings (SSSR count). The summed E-state index contributed by atoms with van der Waals surface area (Å²) in [5.41, 5.74) is 2.45. The second-order valence-electron chi connectivity index (χ2n) is 6.52. The fourth-order valence-electron chi connectivity index (χ4n) is 3.52. The lowest BCUT2D eigenvalue weighted by Gasteiger charge is -2.07. The Kier molecular flexibility index (Phi) is 6.19. The van der Waals surface area contributed by atoms with Gasteiger partial charge in [-0.3, -0.25) is 9.97 Å². The smallest absolute Gasteiger partial charge is 0.0481 e. The van der Waals surface area contributed by atoms with E-state index in [0.29, 0.717) is 0 Å². The third kappa shape index (κ3) is 4.03. The molecule has 2 aromatic carbocycles. The van der Waals surface area contributed by atoms with E-state index in [1.54, 1.807) is 0 Å². The zero-order valence-electron chi connectivity index (χ0n) is 14.8. The second kappa shape index (κ2) is 8.77. The van der Waals surface area contributed by atoms with E-state index < -0.39 is 0 Å². The van der Waals surface area contributed by atoms with Crippen LogP contribution in [-0.4, -0.2) is 9.97 Å². The number of benzene rings is 2. The molecular weight excluding hydrogens is 340 g/mol. The van der Waals surface area contributed by atoms with Crippen LogP contribution in [0.3, 0.4) is 0 Å². The highest BCUT2D eigenvalue weighted by Crippen LogP contribution is 2.20. The van der Waals surface area contributed by atoms with Crippen LogP contribution in [0.4, 0.5) is 0 Å². The predicted octanol–water partition coefficient (Wildman–Crippen LogP) is 6.16. The molecule has 0 bridgehead atoms. The Morgan fingerprint density at radius 3 is 1.50 bits per heavy atom. The molecule has 0 aliphatic carbocycles. The van der Waals surface area contributed by atoms with Crippen molar-refractivity contribution in [1.29, 1.82) is 0 Å². The summed E-state index contributed by atoms with van der Waals surface area (Å²) < 4.78 is 0. The van der Waals surface area contributed by atoms with Crippen LogP contribution in [0.5, 0.6) is 0 Å². The fraction of sp³-hybridized carbons (Fsp3) is 0.217. The quantitative estimate of drug-likeness (QED) is 0.384. The van der Waals surface area contributed by atoms with Gasteiger partial charge in [-0.2, -0.15) is 0 Å². The van der Waals surface area contributed by atoms with Crippen molar-refractivity contribution < 1.29 is 0 Å². The van der Waals surface area contributed by atoms with E-state index in [1.165, 1.54) is 52.2 Å². The van der Waals surface area contributed by atoms with Gasteiger partial charge in [0.15, 0.2) is 0 Å². The molecule has 2 aromatic heterocycles. The highest BCUT2D eigenvalue weighted by Gasteiger charge is 2.04. The molecule has 0 N–H and O–H groups in total. The lowest BCUT2D eigenvalue weighted by Crippen LogP contribution is -1.95. The monoisotopic (exact) mass is 362 g/mol. The lowest BCUT2D eigenvalue weighted by atomic mass is 10.0. The van der Waals surface area contributed by atoms with Gasteiger partial charge in [0.2, 0.25) is 0 Å². The Morgan fingerprint density at radius 1 is 0.538 bits per heavy atom. The van der Waals surface area contributed by atoms with E-state index in [-0.39, 0.29) is 12.4 Å². The molecule has 0 spiro atoms. The number of aromatic nitrogens is 2. The van der Waals surface area contributed by atoms with Gasteiger partial charge in [0.25, 0.3) is 0 Å². The molecule has 2 heterocycles. The van der Waals surface area contributed by atoms with Gasteiger partial charge in [-0.05, 0) is 48.6 Å². The first-order valence-corrected chi connectivity index (χ1v) is 9.07. The highest BCUT2D eigenvalue weighted by molar-refractivity contribution is 5.85. The largest absolute Gasteiger partial charge is 0.261 e. The normalized spacial score (nSPS) is 10.8. The van der Waals surface area contributed by atoms with Crippen LogP contribution in [-0.2, 0) is 12.8 Å². The average Bonchev–Trinajstić information content (AvgIpc) is 2.68. The van der Waals surface area contributed by atoms with Crippen LogP contribution < -0.4 is 0 Å². The SMILES string of the molecule is Cl.c1ccc2c(CCCCCc3nccc4ccccc34)nccc2c1. The fourth-order valence-corrected chi connectivity index (χ4v) is 3.52. The summed E-state index contributed by atoms with van der Waals surface area (Å²) in [5, 5.41) is 5.15. The van der Waals surface area contributed by atoms with E-state index in [9.17, 15) is 0 Å². The molecule has 0 saturated carbocycles. The van der Waals surface area contributed by atoms with Gasteiger partial charge in [0.1, 0.15) is 0 Å². The first kappa shape index (κ1) is 18.3. The number of nitrogens with zero attached hydrogens (tertiary/aromatic N) is 2. The predicted molar refractivity (Wildman–Crippen MR) is 112 cm³/mol. The molecule has 0 amide bonds. The Labute approximate surface area is 160 Å². The number of rotatable bonds is 6. The Bertz CT molecular complexity index is 905. The van der Waals surface area contributed by atoms with Crippen LogP contribution in [0.15, 0.2) is 73.1 Å². The molecule has 0 aliphatic rings. The summed E-state index contributed by atoms with van der Waals surface area (Å²) in [4.78, 5) is 9.18. The van der Waals surface area contributed by atoms with Crippen molar-refractivity contribution in [3.05, 3.63) is 84.4 Å². The van der Waals surface area contributed by atoms with E-state index in [0.717, 1.165) is 12.8 Å². The summed E-state index contributed by atoms with van der Waals surface area (Å²) in [6.07, 6.45) is 9.50. The number of pyridine rings is 2. The van der Waals surface area contributed by atoms with Gasteiger partial charge in [-0.1, -0.05) is 55.0 Å². The van der Waals surface area contributed by atoms with E-state index >= 15 is 0 Å². The number of aryl methyl sites for hydroxylation is 2. The molecule has 26 heavy (non-hydrogen) atoms. The third-order valence-electron chi connectivity index (χ3n) is 4.84. The van der Waals surface area contributed by atoms with Crippen molar-refractivity contribution >= 4 is 34.0 Å². The molecular formula is C23H23ClN2. The number of hydrogen-bond donors (Lipinski definition) is 0. The topological polar surface area (TPSA) is 25.8 Å². The molecule has 132 valence electrons. The molecule has 0 aliphatic heterocycles. The zero-order valence-corrected chi connectivity index (χ0v) is 15.6. The Balaban J connectivity index is 0.00000196. The molecule has 0 saturated heterocycles. The molecule has 3 heteroatoms. The van der Waals surface area contributed by atoms with Crippen molar-refractivity contribution in [2.24, 2.45) is 0 Å². The number of halogens is 1. The number of hydrogen-bond acceptors (Lipinski definition) is 2. The summed E-state index contributed by atoms with van der Waals surface area (Å²) >= 11 is 0. The van der Waals surface area contributed by atoms with Crippen molar-refractivity contribution in [3.8, 4) is 0 Å². The van der Waals surface area contributed by atoms with Crippen molar-refractivity contribution in [2.45, 2.75) is 32.1 Å². The summed E-state index contributed by atoms with van der Waals surface area (Å²) in [5.74, 6) is 0. The number of fused-ring (bicyclic) bond motifs is 2. The van der Waals surface area contributed by atoms with Crippen molar-refractivity contribution in [2.75, 3.05) is 0 Å². The van der Waals surface area contributed by atoms with Crippen LogP contribution in [0, 0.1) is 0 Å². The van der Waals surface area contributed by atoms with Gasteiger partial charge >= 0.3 is 0 Å². The van der Waals surface area contributed by atoms with Gasteiger partial charge in [0, 0.05) is 34.6 Å². The summed E-state index contributed by atoms with van der Waals surface area (Å²) in [7, 11) is 0.